The smallest absolute Gasteiger partial charge is 0.345 e. The Kier molecular flexibility index (Phi) is 5.65. The van der Waals surface area contributed by atoms with Gasteiger partial charge in [0.05, 0.1) is 17.5 Å². The van der Waals surface area contributed by atoms with E-state index in [2.05, 4.69) is 20.7 Å². The SMILES string of the molecule is COC(=O)C(CO)NS(=O)(=O)c1cc(C(=O)O)sc1Br. The Labute approximate surface area is 126 Å². The van der Waals surface area contributed by atoms with Gasteiger partial charge in [-0.3, -0.25) is 4.79 Å². The van der Waals surface area contributed by atoms with E-state index < -0.39 is 34.6 Å². The number of aliphatic hydroxyl groups excluding tert-OH is 1. The van der Waals surface area contributed by atoms with Gasteiger partial charge in [0, 0.05) is 0 Å². The van der Waals surface area contributed by atoms with Gasteiger partial charge in [-0.15, -0.1) is 11.3 Å². The van der Waals surface area contributed by atoms with Gasteiger partial charge in [0.2, 0.25) is 10.0 Å². The number of carboxylic acids is 1. The predicted octanol–water partition coefficient (Wildman–Crippen LogP) is 0.0210. The van der Waals surface area contributed by atoms with Crippen LogP contribution in [0.1, 0.15) is 9.67 Å². The summed E-state index contributed by atoms with van der Waals surface area (Å²) in [6.07, 6.45) is 0. The Morgan fingerprint density at radius 2 is 2.15 bits per heavy atom. The highest BCUT2D eigenvalue weighted by Crippen LogP contribution is 2.31. The van der Waals surface area contributed by atoms with Crippen LogP contribution in [0.5, 0.6) is 0 Å². The number of carboxylic acid groups (broad SMARTS) is 1. The number of aromatic carboxylic acids is 1. The van der Waals surface area contributed by atoms with Crippen molar-refractivity contribution in [1.29, 1.82) is 0 Å². The van der Waals surface area contributed by atoms with E-state index in [1.54, 1.807) is 0 Å². The molecule has 0 radical (unpaired) electrons. The van der Waals surface area contributed by atoms with Gasteiger partial charge in [-0.25, -0.2) is 13.2 Å². The molecule has 0 aliphatic heterocycles. The van der Waals surface area contributed by atoms with E-state index in [4.69, 9.17) is 10.2 Å². The standard InChI is InChI=1S/C9H10BrNO7S2/c1-18-9(15)4(3-12)11-20(16,17)6-2-5(8(13)14)19-7(6)10/h2,4,11-12H,3H2,1H3,(H,13,14). The minimum absolute atomic E-state index is 0.0731. The predicted molar refractivity (Wildman–Crippen MR) is 72.2 cm³/mol. The minimum Gasteiger partial charge on any atom is -0.477 e. The first-order valence-corrected chi connectivity index (χ1v) is 8.05. The number of halogens is 1. The average Bonchev–Trinajstić information content (AvgIpc) is 2.78. The van der Waals surface area contributed by atoms with Crippen LogP contribution in [0.15, 0.2) is 14.7 Å². The monoisotopic (exact) mass is 387 g/mol. The van der Waals surface area contributed by atoms with E-state index in [0.717, 1.165) is 24.5 Å². The molecule has 1 unspecified atom stereocenters. The van der Waals surface area contributed by atoms with Crippen LogP contribution in [0.2, 0.25) is 0 Å². The lowest BCUT2D eigenvalue weighted by Crippen LogP contribution is -2.43. The fraction of sp³-hybridized carbons (Fsp3) is 0.333. The van der Waals surface area contributed by atoms with Gasteiger partial charge in [-0.2, -0.15) is 4.72 Å². The molecule has 0 saturated heterocycles. The maximum atomic E-state index is 12.0. The summed E-state index contributed by atoms with van der Waals surface area (Å²) in [5.74, 6) is -2.23. The maximum absolute atomic E-state index is 12.0. The Hall–Kier alpha value is -1.01. The molecule has 8 nitrogen and oxygen atoms in total. The number of hydrogen-bond acceptors (Lipinski definition) is 7. The zero-order valence-corrected chi connectivity index (χ0v) is 13.2. The quantitative estimate of drug-likeness (QED) is 0.586. The van der Waals surface area contributed by atoms with Crippen molar-refractivity contribution in [2.24, 2.45) is 0 Å². The Morgan fingerprint density at radius 1 is 1.55 bits per heavy atom. The summed E-state index contributed by atoms with van der Waals surface area (Å²) in [5, 5.41) is 17.8. The fourth-order valence-corrected chi connectivity index (χ4v) is 4.77. The number of hydrogen-bond donors (Lipinski definition) is 3. The molecule has 0 aliphatic carbocycles. The molecule has 0 bridgehead atoms. The lowest BCUT2D eigenvalue weighted by atomic mass is 10.3. The zero-order valence-electron chi connectivity index (χ0n) is 9.99. The highest BCUT2D eigenvalue weighted by molar-refractivity contribution is 9.11. The summed E-state index contributed by atoms with van der Waals surface area (Å²) in [5.41, 5.74) is 0. The fourth-order valence-electron chi connectivity index (χ4n) is 1.19. The number of carbonyl (C=O) groups excluding carboxylic acids is 1. The van der Waals surface area contributed by atoms with Crippen LogP contribution < -0.4 is 4.72 Å². The number of carbonyl (C=O) groups is 2. The van der Waals surface area contributed by atoms with Crippen molar-refractivity contribution in [3.63, 3.8) is 0 Å². The molecule has 1 aromatic heterocycles. The normalized spacial score (nSPS) is 12.9. The number of thiophene rings is 1. The highest BCUT2D eigenvalue weighted by Gasteiger charge is 2.29. The van der Waals surface area contributed by atoms with Crippen LogP contribution in [-0.4, -0.2) is 50.3 Å². The second-order valence-electron chi connectivity index (χ2n) is 3.43. The van der Waals surface area contributed by atoms with Crippen molar-refractivity contribution in [3.05, 3.63) is 14.7 Å². The van der Waals surface area contributed by atoms with Gasteiger partial charge in [0.1, 0.15) is 15.8 Å². The molecule has 0 aromatic carbocycles. The van der Waals surface area contributed by atoms with Gasteiger partial charge in [-0.1, -0.05) is 0 Å². The number of ether oxygens (including phenoxy) is 1. The van der Waals surface area contributed by atoms with E-state index in [1.807, 2.05) is 4.72 Å². The molecule has 0 spiro atoms. The van der Waals surface area contributed by atoms with Crippen molar-refractivity contribution >= 4 is 49.2 Å². The number of esters is 1. The van der Waals surface area contributed by atoms with E-state index >= 15 is 0 Å². The van der Waals surface area contributed by atoms with Gasteiger partial charge < -0.3 is 14.9 Å². The Balaban J connectivity index is 3.11. The number of methoxy groups -OCH3 is 1. The molecule has 112 valence electrons. The molecule has 20 heavy (non-hydrogen) atoms. The first kappa shape index (κ1) is 17.0. The van der Waals surface area contributed by atoms with Crippen LogP contribution in [0.4, 0.5) is 0 Å². The molecular formula is C9H10BrNO7S2. The van der Waals surface area contributed by atoms with Gasteiger partial charge in [0.15, 0.2) is 0 Å². The first-order valence-electron chi connectivity index (χ1n) is 4.96. The molecule has 0 aliphatic rings. The van der Waals surface area contributed by atoms with Crippen molar-refractivity contribution in [1.82, 2.24) is 4.72 Å². The molecule has 1 heterocycles. The second-order valence-corrected chi connectivity index (χ2v) is 7.49. The van der Waals surface area contributed by atoms with Gasteiger partial charge in [-0.05, 0) is 22.0 Å². The molecule has 3 N–H and O–H groups in total. The summed E-state index contributed by atoms with van der Waals surface area (Å²) in [4.78, 5) is 21.5. The number of nitrogens with one attached hydrogen (secondary N) is 1. The number of rotatable bonds is 6. The van der Waals surface area contributed by atoms with E-state index in [-0.39, 0.29) is 13.6 Å². The van der Waals surface area contributed by atoms with Crippen molar-refractivity contribution in [3.8, 4) is 0 Å². The van der Waals surface area contributed by atoms with Crippen molar-refractivity contribution in [2.75, 3.05) is 13.7 Å². The van der Waals surface area contributed by atoms with E-state index in [9.17, 15) is 18.0 Å². The molecule has 0 saturated carbocycles. The topological polar surface area (TPSA) is 130 Å². The molecule has 1 rings (SSSR count). The van der Waals surface area contributed by atoms with Crippen molar-refractivity contribution in [2.45, 2.75) is 10.9 Å². The summed E-state index contributed by atoms with van der Waals surface area (Å²) in [6.45, 7) is -0.792. The molecule has 1 atom stereocenters. The first-order chi connectivity index (χ1) is 9.22. The van der Waals surface area contributed by atoms with E-state index in [0.29, 0.717) is 0 Å². The Morgan fingerprint density at radius 3 is 2.55 bits per heavy atom. The minimum atomic E-state index is -4.18. The lowest BCUT2D eigenvalue weighted by Gasteiger charge is -2.13. The number of sulfonamides is 1. The largest absolute Gasteiger partial charge is 0.477 e. The summed E-state index contributed by atoms with van der Waals surface area (Å²) < 4.78 is 30.4. The van der Waals surface area contributed by atoms with Crippen LogP contribution in [0.3, 0.4) is 0 Å². The Bertz CT molecular complexity index is 624. The molecule has 0 fully saturated rings. The van der Waals surface area contributed by atoms with Crippen LogP contribution in [-0.2, 0) is 19.6 Å². The maximum Gasteiger partial charge on any atom is 0.345 e. The summed E-state index contributed by atoms with van der Waals surface area (Å²) in [7, 11) is -3.14. The molecule has 0 amide bonds. The van der Waals surface area contributed by atoms with Crippen LogP contribution in [0.25, 0.3) is 0 Å². The van der Waals surface area contributed by atoms with Crippen LogP contribution in [0, 0.1) is 0 Å². The average molecular weight is 388 g/mol. The second kappa shape index (κ2) is 6.63. The summed E-state index contributed by atoms with van der Waals surface area (Å²) in [6, 6.07) is -0.518. The highest BCUT2D eigenvalue weighted by atomic mass is 79.9. The summed E-state index contributed by atoms with van der Waals surface area (Å²) >= 11 is 3.66. The molecule has 1 aromatic rings. The third-order valence-corrected chi connectivity index (χ3v) is 5.83. The van der Waals surface area contributed by atoms with Gasteiger partial charge in [0.25, 0.3) is 0 Å². The number of aliphatic hydroxyl groups is 1. The zero-order chi connectivity index (χ0) is 15.5. The van der Waals surface area contributed by atoms with Crippen LogP contribution >= 0.6 is 27.3 Å². The third-order valence-electron chi connectivity index (χ3n) is 2.12. The molecule has 11 heteroatoms. The lowest BCUT2D eigenvalue weighted by molar-refractivity contribution is -0.143. The van der Waals surface area contributed by atoms with Gasteiger partial charge >= 0.3 is 11.9 Å². The van der Waals surface area contributed by atoms with E-state index in [1.165, 1.54) is 0 Å². The van der Waals surface area contributed by atoms with Crippen molar-refractivity contribution < 1.29 is 33.0 Å². The molecular weight excluding hydrogens is 378 g/mol. The third kappa shape index (κ3) is 3.76.